The molecule has 1 aliphatic rings. The molecular formula is C12H15NO3. The molecule has 0 spiro atoms. The molecule has 0 atom stereocenters. The third-order valence-corrected chi connectivity index (χ3v) is 2.90. The highest BCUT2D eigenvalue weighted by Crippen LogP contribution is 2.31. The Hall–Kier alpha value is -1.55. The van der Waals surface area contributed by atoms with Gasteiger partial charge in [0.05, 0.1) is 13.7 Å². The van der Waals surface area contributed by atoms with Crippen LogP contribution in [0.5, 0.6) is 5.75 Å². The monoisotopic (exact) mass is 221 g/mol. The topological polar surface area (TPSA) is 38.8 Å². The summed E-state index contributed by atoms with van der Waals surface area (Å²) in [6.45, 7) is 2.61. The first-order chi connectivity index (χ1) is 7.65. The van der Waals surface area contributed by atoms with Gasteiger partial charge < -0.3 is 4.74 Å². The van der Waals surface area contributed by atoms with Crippen LogP contribution in [0.3, 0.4) is 0 Å². The Bertz CT molecular complexity index is 429. The van der Waals surface area contributed by atoms with Crippen molar-refractivity contribution < 1.29 is 14.4 Å². The molecule has 0 aromatic heterocycles. The lowest BCUT2D eigenvalue weighted by Gasteiger charge is -2.16. The van der Waals surface area contributed by atoms with Gasteiger partial charge in [0.2, 0.25) is 0 Å². The van der Waals surface area contributed by atoms with Gasteiger partial charge in [-0.05, 0) is 18.6 Å². The van der Waals surface area contributed by atoms with E-state index in [1.54, 1.807) is 7.05 Å². The van der Waals surface area contributed by atoms with Gasteiger partial charge in [-0.25, -0.2) is 5.06 Å². The lowest BCUT2D eigenvalue weighted by Crippen LogP contribution is -2.26. The lowest BCUT2D eigenvalue weighted by atomic mass is 10.0. The summed E-state index contributed by atoms with van der Waals surface area (Å²) >= 11 is 0. The Balaban J connectivity index is 2.40. The van der Waals surface area contributed by atoms with Gasteiger partial charge in [-0.1, -0.05) is 6.07 Å². The van der Waals surface area contributed by atoms with Gasteiger partial charge in [-0.15, -0.1) is 0 Å². The predicted molar refractivity (Wildman–Crippen MR) is 59.5 cm³/mol. The van der Waals surface area contributed by atoms with Crippen molar-refractivity contribution in [2.45, 2.75) is 13.3 Å². The van der Waals surface area contributed by atoms with E-state index in [0.717, 1.165) is 17.7 Å². The highest BCUT2D eigenvalue weighted by atomic mass is 16.7. The molecule has 0 N–H and O–H groups in total. The smallest absolute Gasteiger partial charge is 0.277 e. The molecule has 16 heavy (non-hydrogen) atoms. The van der Waals surface area contributed by atoms with Crippen LogP contribution in [0.2, 0.25) is 0 Å². The number of amides is 1. The van der Waals surface area contributed by atoms with E-state index in [0.29, 0.717) is 12.2 Å². The normalized spacial score (nSPS) is 13.2. The Morgan fingerprint density at radius 1 is 1.50 bits per heavy atom. The molecule has 0 aliphatic carbocycles. The molecular weight excluding hydrogens is 206 g/mol. The van der Waals surface area contributed by atoms with Gasteiger partial charge in [0.15, 0.2) is 0 Å². The van der Waals surface area contributed by atoms with Crippen LogP contribution in [0, 0.1) is 6.92 Å². The van der Waals surface area contributed by atoms with Crippen LogP contribution in [-0.2, 0) is 11.3 Å². The Labute approximate surface area is 94.7 Å². The number of fused-ring (bicyclic) bond motifs is 1. The first-order valence-electron chi connectivity index (χ1n) is 5.22. The number of ether oxygens (including phenoxy) is 1. The van der Waals surface area contributed by atoms with Crippen molar-refractivity contribution in [2.75, 3.05) is 20.8 Å². The fourth-order valence-corrected chi connectivity index (χ4v) is 1.89. The first kappa shape index (κ1) is 11.0. The van der Waals surface area contributed by atoms with E-state index in [1.165, 1.54) is 17.7 Å². The SMILES string of the molecule is CON(C)C(=O)c1ccc2c(c1C)OCC2. The van der Waals surface area contributed by atoms with Crippen molar-refractivity contribution in [2.24, 2.45) is 0 Å². The van der Waals surface area contributed by atoms with Gasteiger partial charge in [0.25, 0.3) is 5.91 Å². The van der Waals surface area contributed by atoms with Crippen LogP contribution in [0.4, 0.5) is 0 Å². The molecule has 1 aromatic carbocycles. The zero-order valence-corrected chi connectivity index (χ0v) is 9.74. The largest absolute Gasteiger partial charge is 0.493 e. The van der Waals surface area contributed by atoms with Crippen molar-refractivity contribution in [1.29, 1.82) is 0 Å². The number of hydroxylamine groups is 2. The Morgan fingerprint density at radius 3 is 2.94 bits per heavy atom. The van der Waals surface area contributed by atoms with E-state index in [9.17, 15) is 4.79 Å². The number of carbonyl (C=O) groups is 1. The molecule has 2 rings (SSSR count). The number of rotatable bonds is 2. The molecule has 0 saturated heterocycles. The zero-order chi connectivity index (χ0) is 11.7. The van der Waals surface area contributed by atoms with E-state index >= 15 is 0 Å². The molecule has 1 aliphatic heterocycles. The summed E-state index contributed by atoms with van der Waals surface area (Å²) < 4.78 is 5.52. The molecule has 0 saturated carbocycles. The third kappa shape index (κ3) is 1.65. The van der Waals surface area contributed by atoms with E-state index in [4.69, 9.17) is 9.57 Å². The standard InChI is InChI=1S/C12H15NO3/c1-8-10(12(14)13(2)15-3)5-4-9-6-7-16-11(8)9/h4-5H,6-7H2,1-3H3. The summed E-state index contributed by atoms with van der Waals surface area (Å²) in [4.78, 5) is 16.8. The minimum absolute atomic E-state index is 0.154. The van der Waals surface area contributed by atoms with Crippen molar-refractivity contribution in [3.05, 3.63) is 28.8 Å². The molecule has 86 valence electrons. The molecule has 4 heteroatoms. The van der Waals surface area contributed by atoms with Crippen LogP contribution >= 0.6 is 0 Å². The van der Waals surface area contributed by atoms with Crippen LogP contribution in [0.15, 0.2) is 12.1 Å². The maximum atomic E-state index is 11.9. The minimum Gasteiger partial charge on any atom is -0.493 e. The maximum Gasteiger partial charge on any atom is 0.277 e. The van der Waals surface area contributed by atoms with Crippen LogP contribution in [0.1, 0.15) is 21.5 Å². The second kappa shape index (κ2) is 4.14. The molecule has 1 amide bonds. The van der Waals surface area contributed by atoms with E-state index in [-0.39, 0.29) is 5.91 Å². The van der Waals surface area contributed by atoms with Gasteiger partial charge in [0, 0.05) is 24.6 Å². The van der Waals surface area contributed by atoms with Gasteiger partial charge >= 0.3 is 0 Å². The summed E-state index contributed by atoms with van der Waals surface area (Å²) in [5, 5.41) is 1.21. The van der Waals surface area contributed by atoms with E-state index in [1.807, 2.05) is 19.1 Å². The van der Waals surface area contributed by atoms with Crippen molar-refractivity contribution in [3.8, 4) is 5.75 Å². The Kier molecular flexibility index (Phi) is 2.83. The summed E-state index contributed by atoms with van der Waals surface area (Å²) in [6, 6.07) is 3.78. The maximum absolute atomic E-state index is 11.9. The summed E-state index contributed by atoms with van der Waals surface area (Å²) in [5.74, 6) is 0.702. The second-order valence-electron chi connectivity index (χ2n) is 3.81. The molecule has 1 heterocycles. The average Bonchev–Trinajstić information content (AvgIpc) is 2.76. The van der Waals surface area contributed by atoms with Gasteiger partial charge in [-0.2, -0.15) is 0 Å². The van der Waals surface area contributed by atoms with Crippen molar-refractivity contribution >= 4 is 5.91 Å². The quantitative estimate of drug-likeness (QED) is 0.711. The second-order valence-corrected chi connectivity index (χ2v) is 3.81. The highest BCUT2D eigenvalue weighted by molar-refractivity contribution is 5.95. The van der Waals surface area contributed by atoms with Crippen LogP contribution in [0.25, 0.3) is 0 Å². The molecule has 0 fully saturated rings. The average molecular weight is 221 g/mol. The highest BCUT2D eigenvalue weighted by Gasteiger charge is 2.21. The molecule has 0 unspecified atom stereocenters. The summed E-state index contributed by atoms with van der Waals surface area (Å²) in [5.41, 5.74) is 2.70. The predicted octanol–water partition coefficient (Wildman–Crippen LogP) is 1.56. The number of carbonyl (C=O) groups excluding carboxylic acids is 1. The van der Waals surface area contributed by atoms with E-state index in [2.05, 4.69) is 0 Å². The van der Waals surface area contributed by atoms with Gasteiger partial charge in [-0.3, -0.25) is 9.63 Å². The Morgan fingerprint density at radius 2 is 2.25 bits per heavy atom. The van der Waals surface area contributed by atoms with Gasteiger partial charge in [0.1, 0.15) is 5.75 Å². The number of hydrogen-bond acceptors (Lipinski definition) is 3. The molecule has 0 bridgehead atoms. The summed E-state index contributed by atoms with van der Waals surface area (Å²) in [7, 11) is 3.06. The summed E-state index contributed by atoms with van der Waals surface area (Å²) in [6.07, 6.45) is 0.921. The van der Waals surface area contributed by atoms with E-state index < -0.39 is 0 Å². The van der Waals surface area contributed by atoms with Crippen molar-refractivity contribution in [1.82, 2.24) is 5.06 Å². The third-order valence-electron chi connectivity index (χ3n) is 2.90. The number of hydrogen-bond donors (Lipinski definition) is 0. The zero-order valence-electron chi connectivity index (χ0n) is 9.74. The molecule has 4 nitrogen and oxygen atoms in total. The number of nitrogens with zero attached hydrogens (tertiary/aromatic N) is 1. The lowest BCUT2D eigenvalue weighted by molar-refractivity contribution is -0.0757. The minimum atomic E-state index is -0.154. The first-order valence-corrected chi connectivity index (χ1v) is 5.22. The van der Waals surface area contributed by atoms with Crippen LogP contribution < -0.4 is 4.74 Å². The fraction of sp³-hybridized carbons (Fsp3) is 0.417. The van der Waals surface area contributed by atoms with Crippen molar-refractivity contribution in [3.63, 3.8) is 0 Å². The molecule has 0 radical (unpaired) electrons. The molecule has 1 aromatic rings. The fourth-order valence-electron chi connectivity index (χ4n) is 1.89. The van der Waals surface area contributed by atoms with Crippen LogP contribution in [-0.4, -0.2) is 31.7 Å². The number of benzene rings is 1.